The van der Waals surface area contributed by atoms with Gasteiger partial charge in [-0.1, -0.05) is 73.1 Å². The van der Waals surface area contributed by atoms with Crippen molar-refractivity contribution in [3.8, 4) is 5.75 Å². The van der Waals surface area contributed by atoms with E-state index in [0.717, 1.165) is 40.3 Å². The van der Waals surface area contributed by atoms with Crippen LogP contribution in [0.25, 0.3) is 6.08 Å². The van der Waals surface area contributed by atoms with Crippen molar-refractivity contribution >= 4 is 46.9 Å². The van der Waals surface area contributed by atoms with Crippen LogP contribution < -0.4 is 15.0 Å². The Kier molecular flexibility index (Phi) is 8.73. The molecule has 0 fully saturated rings. The fraction of sp³-hybridized carbons (Fsp3) is 0.241. The van der Waals surface area contributed by atoms with E-state index in [2.05, 4.69) is 12.2 Å². The monoisotopic (exact) mass is 520 g/mol. The Bertz CT molecular complexity index is 1240. The van der Waals surface area contributed by atoms with Crippen molar-refractivity contribution in [1.82, 2.24) is 5.32 Å². The number of ether oxygens (including phenoxy) is 1. The smallest absolute Gasteiger partial charge is 0.265 e. The van der Waals surface area contributed by atoms with Gasteiger partial charge < -0.3 is 10.1 Å². The summed E-state index contributed by atoms with van der Waals surface area (Å²) in [7, 11) is 0. The third-order valence-electron chi connectivity index (χ3n) is 5.83. The molecule has 0 aromatic heterocycles. The first-order valence-electron chi connectivity index (χ1n) is 12.0. The molecule has 1 heterocycles. The second-order valence-corrected chi connectivity index (χ2v) is 10.1. The summed E-state index contributed by atoms with van der Waals surface area (Å²) >= 11 is 7.41. The maximum atomic E-state index is 13.4. The van der Waals surface area contributed by atoms with Crippen LogP contribution in [0.2, 0.25) is 5.02 Å². The number of halogens is 1. The van der Waals surface area contributed by atoms with Gasteiger partial charge in [-0.25, -0.2) is 0 Å². The Labute approximate surface area is 221 Å². The summed E-state index contributed by atoms with van der Waals surface area (Å²) in [5, 5.41) is 3.66. The van der Waals surface area contributed by atoms with Crippen molar-refractivity contribution in [1.29, 1.82) is 0 Å². The molecule has 1 N–H and O–H groups in total. The average molecular weight is 521 g/mol. The first-order valence-corrected chi connectivity index (χ1v) is 13.2. The summed E-state index contributed by atoms with van der Waals surface area (Å²) in [4.78, 5) is 29.5. The molecule has 3 aromatic rings. The minimum Gasteiger partial charge on any atom is -0.494 e. The molecule has 4 rings (SSSR count). The van der Waals surface area contributed by atoms with Gasteiger partial charge >= 0.3 is 0 Å². The first-order chi connectivity index (χ1) is 17.4. The largest absolute Gasteiger partial charge is 0.494 e. The minimum absolute atomic E-state index is 0.0725. The van der Waals surface area contributed by atoms with Gasteiger partial charge in [-0.05, 0) is 66.9 Å². The molecule has 186 valence electrons. The van der Waals surface area contributed by atoms with Crippen LogP contribution in [0.1, 0.15) is 43.9 Å². The summed E-state index contributed by atoms with van der Waals surface area (Å²) in [5.41, 5.74) is 2.57. The van der Waals surface area contributed by atoms with Crippen LogP contribution in [0, 0.1) is 0 Å². The number of benzene rings is 3. The molecule has 0 saturated heterocycles. The maximum Gasteiger partial charge on any atom is 0.265 e. The third-order valence-corrected chi connectivity index (χ3v) is 7.16. The number of carbonyl (C=O) groups excluding carboxylic acids is 2. The number of nitrogens with zero attached hydrogens (tertiary/aromatic N) is 1. The predicted octanol–water partition coefficient (Wildman–Crippen LogP) is 6.88. The lowest BCUT2D eigenvalue weighted by Gasteiger charge is -2.30. The maximum absolute atomic E-state index is 13.4. The quantitative estimate of drug-likeness (QED) is 0.247. The average Bonchev–Trinajstić information content (AvgIpc) is 2.88. The van der Waals surface area contributed by atoms with Crippen molar-refractivity contribution in [3.63, 3.8) is 0 Å². The molecule has 1 aliphatic rings. The molecule has 0 saturated carbocycles. The number of carbonyl (C=O) groups is 2. The summed E-state index contributed by atoms with van der Waals surface area (Å²) in [6, 6.07) is 22.5. The Morgan fingerprint density at radius 3 is 2.53 bits per heavy atom. The van der Waals surface area contributed by atoms with Gasteiger partial charge in [0, 0.05) is 9.92 Å². The molecule has 36 heavy (non-hydrogen) atoms. The number of fused-ring (bicyclic) bond motifs is 1. The molecule has 7 heteroatoms. The van der Waals surface area contributed by atoms with Gasteiger partial charge in [0.2, 0.25) is 5.91 Å². The molecule has 0 bridgehead atoms. The number of amides is 2. The van der Waals surface area contributed by atoms with Gasteiger partial charge in [-0.2, -0.15) is 0 Å². The van der Waals surface area contributed by atoms with Crippen LogP contribution in [0.15, 0.2) is 82.6 Å². The van der Waals surface area contributed by atoms with Crippen molar-refractivity contribution in [2.24, 2.45) is 0 Å². The molecule has 5 nitrogen and oxygen atoms in total. The lowest BCUT2D eigenvalue weighted by atomic mass is 10.1. The number of unbranched alkanes of at least 4 members (excludes halogenated alkanes) is 1. The highest BCUT2D eigenvalue weighted by atomic mass is 35.5. The van der Waals surface area contributed by atoms with E-state index < -0.39 is 0 Å². The number of para-hydroxylation sites is 1. The molecule has 1 aliphatic heterocycles. The van der Waals surface area contributed by atoms with Crippen LogP contribution in [0.3, 0.4) is 0 Å². The summed E-state index contributed by atoms with van der Waals surface area (Å²) in [6.07, 6.45) is 3.93. The lowest BCUT2D eigenvalue weighted by Crippen LogP contribution is -2.43. The Balaban J connectivity index is 1.46. The van der Waals surface area contributed by atoms with Gasteiger partial charge in [0.1, 0.15) is 12.3 Å². The van der Waals surface area contributed by atoms with E-state index in [1.54, 1.807) is 17.0 Å². The fourth-order valence-electron chi connectivity index (χ4n) is 3.83. The van der Waals surface area contributed by atoms with Gasteiger partial charge in [-0.15, -0.1) is 0 Å². The molecule has 3 aromatic carbocycles. The van der Waals surface area contributed by atoms with E-state index in [1.807, 2.05) is 73.7 Å². The summed E-state index contributed by atoms with van der Waals surface area (Å²) in [6.45, 7) is 4.68. The van der Waals surface area contributed by atoms with Crippen molar-refractivity contribution in [2.45, 2.75) is 37.6 Å². The van der Waals surface area contributed by atoms with Gasteiger partial charge in [0.25, 0.3) is 5.91 Å². The predicted molar refractivity (Wildman–Crippen MR) is 147 cm³/mol. The summed E-state index contributed by atoms with van der Waals surface area (Å²) < 4.78 is 5.72. The van der Waals surface area contributed by atoms with Crippen LogP contribution >= 0.6 is 23.4 Å². The van der Waals surface area contributed by atoms with E-state index in [-0.39, 0.29) is 24.4 Å². The molecule has 0 spiro atoms. The van der Waals surface area contributed by atoms with E-state index >= 15 is 0 Å². The zero-order valence-corrected chi connectivity index (χ0v) is 21.9. The molecule has 0 aliphatic carbocycles. The van der Waals surface area contributed by atoms with Crippen molar-refractivity contribution in [3.05, 3.63) is 93.9 Å². The second kappa shape index (κ2) is 12.2. The highest BCUT2D eigenvalue weighted by molar-refractivity contribution is 8.04. The van der Waals surface area contributed by atoms with E-state index in [9.17, 15) is 9.59 Å². The molecule has 1 unspecified atom stereocenters. The third kappa shape index (κ3) is 6.50. The molecule has 2 amide bonds. The summed E-state index contributed by atoms with van der Waals surface area (Å²) in [5.74, 6) is 0.385. The standard InChI is InChI=1S/C29H29ClN2O3S/c1-3-4-17-35-24-15-11-22(12-16-24)20(2)31-28(33)19-32-25-7-5-6-8-26(25)36-27(29(32)34)18-21-9-13-23(30)14-10-21/h5-16,18,20H,3-4,17,19H2,1-2H3,(H,31,33). The van der Waals surface area contributed by atoms with Gasteiger partial charge in [0.15, 0.2) is 0 Å². The topological polar surface area (TPSA) is 58.6 Å². The Morgan fingerprint density at radius 1 is 1.08 bits per heavy atom. The fourth-order valence-corrected chi connectivity index (χ4v) is 5.02. The highest BCUT2D eigenvalue weighted by Gasteiger charge is 2.30. The first kappa shape index (κ1) is 25.9. The number of nitrogens with one attached hydrogen (secondary N) is 1. The SMILES string of the molecule is CCCCOc1ccc(C(C)NC(=O)CN2C(=O)C(=Cc3ccc(Cl)cc3)Sc3ccccc32)cc1. The number of rotatable bonds is 9. The molecular weight excluding hydrogens is 492 g/mol. The minimum atomic E-state index is -0.230. The Hall–Kier alpha value is -3.22. The van der Waals surface area contributed by atoms with Crippen LogP contribution in [0.4, 0.5) is 5.69 Å². The number of hydrogen-bond acceptors (Lipinski definition) is 4. The van der Waals surface area contributed by atoms with Crippen molar-refractivity contribution < 1.29 is 14.3 Å². The van der Waals surface area contributed by atoms with E-state index in [4.69, 9.17) is 16.3 Å². The molecule has 0 radical (unpaired) electrons. The van der Waals surface area contributed by atoms with E-state index in [1.165, 1.54) is 11.8 Å². The Morgan fingerprint density at radius 2 is 1.81 bits per heavy atom. The molecular formula is C29H29ClN2O3S. The normalized spacial score (nSPS) is 14.9. The van der Waals surface area contributed by atoms with Gasteiger partial charge in [0.05, 0.1) is 23.2 Å². The number of thioether (sulfide) groups is 1. The second-order valence-electron chi connectivity index (χ2n) is 8.58. The van der Waals surface area contributed by atoms with Gasteiger partial charge in [-0.3, -0.25) is 14.5 Å². The number of hydrogen-bond donors (Lipinski definition) is 1. The van der Waals surface area contributed by atoms with E-state index in [0.29, 0.717) is 16.5 Å². The van der Waals surface area contributed by atoms with Crippen LogP contribution in [-0.4, -0.2) is 25.0 Å². The highest BCUT2D eigenvalue weighted by Crippen LogP contribution is 2.42. The number of anilines is 1. The zero-order valence-electron chi connectivity index (χ0n) is 20.4. The zero-order chi connectivity index (χ0) is 25.5. The van der Waals surface area contributed by atoms with Crippen LogP contribution in [-0.2, 0) is 9.59 Å². The molecule has 1 atom stereocenters. The lowest BCUT2D eigenvalue weighted by molar-refractivity contribution is -0.122. The van der Waals surface area contributed by atoms with Crippen molar-refractivity contribution in [2.75, 3.05) is 18.1 Å². The van der Waals surface area contributed by atoms with Crippen LogP contribution in [0.5, 0.6) is 5.75 Å².